The molecule has 0 aliphatic heterocycles. The van der Waals surface area contributed by atoms with E-state index in [1.54, 1.807) is 24.7 Å². The van der Waals surface area contributed by atoms with Gasteiger partial charge in [0, 0.05) is 49.6 Å². The minimum atomic E-state index is -0.266. The predicted octanol–water partition coefficient (Wildman–Crippen LogP) is 3.89. The van der Waals surface area contributed by atoms with Crippen molar-refractivity contribution >= 4 is 23.2 Å². The lowest BCUT2D eigenvalue weighted by Crippen LogP contribution is -2.22. The van der Waals surface area contributed by atoms with Crippen molar-refractivity contribution in [2.24, 2.45) is 0 Å². The Hall–Kier alpha value is -3.48. The quantitative estimate of drug-likeness (QED) is 0.607. The molecule has 0 atom stereocenters. The fourth-order valence-corrected chi connectivity index (χ4v) is 3.01. The molecule has 2 N–H and O–H groups in total. The Morgan fingerprint density at radius 1 is 1.03 bits per heavy atom. The second-order valence-electron chi connectivity index (χ2n) is 6.60. The topological polar surface area (TPSA) is 83.0 Å². The van der Waals surface area contributed by atoms with E-state index in [1.165, 1.54) is 0 Å². The van der Waals surface area contributed by atoms with Crippen molar-refractivity contribution in [3.05, 3.63) is 71.8 Å². The van der Waals surface area contributed by atoms with Gasteiger partial charge in [0.15, 0.2) is 0 Å². The van der Waals surface area contributed by atoms with E-state index in [-0.39, 0.29) is 5.91 Å². The maximum atomic E-state index is 12.7. The van der Waals surface area contributed by atoms with Gasteiger partial charge in [0.25, 0.3) is 5.91 Å². The number of nitrogens with zero attached hydrogens (tertiary/aromatic N) is 4. The number of carbonyl (C=O) groups excluding carboxylic acids is 1. The number of nitrogens with one attached hydrogen (secondary N) is 2. The van der Waals surface area contributed by atoms with E-state index in [2.05, 4.69) is 50.4 Å². The number of amides is 1. The number of hydrogen-bond donors (Lipinski definition) is 2. The molecule has 1 aromatic carbocycles. The molecule has 2 heterocycles. The number of hydrogen-bond acceptors (Lipinski definition) is 6. The summed E-state index contributed by atoms with van der Waals surface area (Å²) >= 11 is 0. The van der Waals surface area contributed by atoms with E-state index < -0.39 is 0 Å². The zero-order chi connectivity index (χ0) is 20.6. The summed E-state index contributed by atoms with van der Waals surface area (Å²) in [6, 6.07) is 11.5. The van der Waals surface area contributed by atoms with Crippen molar-refractivity contribution in [2.75, 3.05) is 28.6 Å². The Labute approximate surface area is 171 Å². The van der Waals surface area contributed by atoms with Crippen LogP contribution in [0.4, 0.5) is 17.3 Å². The van der Waals surface area contributed by atoms with Crippen molar-refractivity contribution in [1.29, 1.82) is 0 Å². The summed E-state index contributed by atoms with van der Waals surface area (Å²) in [4.78, 5) is 27.5. The molecule has 3 rings (SSSR count). The molecule has 150 valence electrons. The third-order valence-corrected chi connectivity index (χ3v) is 4.67. The maximum Gasteiger partial charge on any atom is 0.274 e. The Kier molecular flexibility index (Phi) is 6.73. The van der Waals surface area contributed by atoms with Crippen molar-refractivity contribution in [3.63, 3.8) is 0 Å². The Morgan fingerprint density at radius 2 is 1.79 bits per heavy atom. The molecule has 0 saturated carbocycles. The predicted molar refractivity (Wildman–Crippen MR) is 116 cm³/mol. The average molecular weight is 390 g/mol. The number of aromatic nitrogens is 3. The van der Waals surface area contributed by atoms with Crippen molar-refractivity contribution in [2.45, 2.75) is 27.3 Å². The Bertz CT molecular complexity index is 957. The number of pyridine rings is 1. The first-order valence-electron chi connectivity index (χ1n) is 9.73. The van der Waals surface area contributed by atoms with E-state index >= 15 is 0 Å². The second kappa shape index (κ2) is 9.64. The molecular formula is C22H26N6O. The molecule has 0 unspecified atom stereocenters. The third-order valence-electron chi connectivity index (χ3n) is 4.67. The first-order chi connectivity index (χ1) is 14.1. The lowest BCUT2D eigenvalue weighted by atomic mass is 10.1. The summed E-state index contributed by atoms with van der Waals surface area (Å²) < 4.78 is 0. The van der Waals surface area contributed by atoms with Crippen molar-refractivity contribution in [3.8, 4) is 0 Å². The van der Waals surface area contributed by atoms with E-state index in [1.807, 2.05) is 31.2 Å². The van der Waals surface area contributed by atoms with Crippen LogP contribution in [0.5, 0.6) is 0 Å². The summed E-state index contributed by atoms with van der Waals surface area (Å²) in [6.07, 6.45) is 5.04. The van der Waals surface area contributed by atoms with Gasteiger partial charge in [-0.2, -0.15) is 0 Å². The smallest absolute Gasteiger partial charge is 0.274 e. The van der Waals surface area contributed by atoms with Gasteiger partial charge < -0.3 is 15.5 Å². The van der Waals surface area contributed by atoms with Gasteiger partial charge in [-0.1, -0.05) is 0 Å². The number of carbonyl (C=O) groups is 1. The molecule has 1 amide bonds. The highest BCUT2D eigenvalue weighted by molar-refractivity contribution is 6.03. The second-order valence-corrected chi connectivity index (χ2v) is 6.60. The number of rotatable bonds is 8. The van der Waals surface area contributed by atoms with E-state index in [0.717, 1.165) is 35.6 Å². The van der Waals surface area contributed by atoms with Gasteiger partial charge in [-0.25, -0.2) is 9.97 Å². The molecule has 0 aliphatic rings. The Balaban J connectivity index is 1.68. The van der Waals surface area contributed by atoms with Crippen LogP contribution in [0.15, 0.2) is 55.0 Å². The lowest BCUT2D eigenvalue weighted by Gasteiger charge is -2.22. The van der Waals surface area contributed by atoms with Crippen LogP contribution in [0.3, 0.4) is 0 Å². The minimum Gasteiger partial charge on any atom is -0.372 e. The first kappa shape index (κ1) is 20.3. The van der Waals surface area contributed by atoms with Gasteiger partial charge >= 0.3 is 0 Å². The fourth-order valence-electron chi connectivity index (χ4n) is 3.01. The normalized spacial score (nSPS) is 10.4. The van der Waals surface area contributed by atoms with Crippen LogP contribution in [-0.2, 0) is 6.54 Å². The molecule has 7 nitrogen and oxygen atoms in total. The molecule has 0 spiro atoms. The zero-order valence-corrected chi connectivity index (χ0v) is 17.0. The van der Waals surface area contributed by atoms with E-state index in [4.69, 9.17) is 0 Å². The van der Waals surface area contributed by atoms with Crippen LogP contribution in [0.1, 0.15) is 35.5 Å². The van der Waals surface area contributed by atoms with Gasteiger partial charge in [-0.15, -0.1) is 0 Å². The molecule has 2 aromatic heterocycles. The number of anilines is 3. The number of benzene rings is 1. The standard InChI is InChI=1S/C22H26N6O/c1-4-28(5-2)18-6-7-19(16(3)14-18)26-21(29)20-10-13-24-22(27-20)25-15-17-8-11-23-12-9-17/h6-14H,4-5,15H2,1-3H3,(H,26,29)(H,24,25,27). The SMILES string of the molecule is CCN(CC)c1ccc(NC(=O)c2ccnc(NCc3ccncc3)n2)c(C)c1. The van der Waals surface area contributed by atoms with Gasteiger partial charge in [-0.3, -0.25) is 9.78 Å². The third kappa shape index (κ3) is 5.28. The minimum absolute atomic E-state index is 0.266. The van der Waals surface area contributed by atoms with Crippen LogP contribution in [-0.4, -0.2) is 33.9 Å². The number of aryl methyl sites for hydroxylation is 1. The lowest BCUT2D eigenvalue weighted by molar-refractivity contribution is 0.102. The molecule has 0 aliphatic carbocycles. The Morgan fingerprint density at radius 3 is 2.48 bits per heavy atom. The summed E-state index contributed by atoms with van der Waals surface area (Å²) in [7, 11) is 0. The molecule has 7 heteroatoms. The molecular weight excluding hydrogens is 364 g/mol. The largest absolute Gasteiger partial charge is 0.372 e. The molecule has 0 saturated heterocycles. The van der Waals surface area contributed by atoms with Crippen LogP contribution in [0.2, 0.25) is 0 Å². The molecule has 3 aromatic rings. The van der Waals surface area contributed by atoms with Crippen LogP contribution in [0.25, 0.3) is 0 Å². The van der Waals surface area contributed by atoms with Crippen molar-refractivity contribution < 1.29 is 4.79 Å². The highest BCUT2D eigenvalue weighted by atomic mass is 16.1. The van der Waals surface area contributed by atoms with E-state index in [9.17, 15) is 4.79 Å². The van der Waals surface area contributed by atoms with E-state index in [0.29, 0.717) is 18.2 Å². The maximum absolute atomic E-state index is 12.7. The zero-order valence-electron chi connectivity index (χ0n) is 17.0. The van der Waals surface area contributed by atoms with Gasteiger partial charge in [-0.05, 0) is 68.3 Å². The summed E-state index contributed by atoms with van der Waals surface area (Å²) in [5.41, 5.74) is 4.30. The summed E-state index contributed by atoms with van der Waals surface area (Å²) in [5, 5.41) is 6.07. The fraction of sp³-hybridized carbons (Fsp3) is 0.273. The molecule has 29 heavy (non-hydrogen) atoms. The molecule has 0 radical (unpaired) electrons. The summed E-state index contributed by atoms with van der Waals surface area (Å²) in [5.74, 6) is 0.140. The summed E-state index contributed by atoms with van der Waals surface area (Å²) in [6.45, 7) is 8.69. The monoisotopic (exact) mass is 390 g/mol. The van der Waals surface area contributed by atoms with Gasteiger partial charge in [0.2, 0.25) is 5.95 Å². The van der Waals surface area contributed by atoms with Crippen LogP contribution < -0.4 is 15.5 Å². The van der Waals surface area contributed by atoms with Crippen LogP contribution in [0, 0.1) is 6.92 Å². The average Bonchev–Trinajstić information content (AvgIpc) is 2.76. The van der Waals surface area contributed by atoms with Gasteiger partial charge in [0.1, 0.15) is 5.69 Å². The first-order valence-corrected chi connectivity index (χ1v) is 9.73. The van der Waals surface area contributed by atoms with Crippen LogP contribution >= 0.6 is 0 Å². The molecule has 0 bridgehead atoms. The molecule has 0 fully saturated rings. The van der Waals surface area contributed by atoms with Gasteiger partial charge in [0.05, 0.1) is 0 Å². The highest BCUT2D eigenvalue weighted by Gasteiger charge is 2.12. The highest BCUT2D eigenvalue weighted by Crippen LogP contribution is 2.23. The van der Waals surface area contributed by atoms with Crippen molar-refractivity contribution in [1.82, 2.24) is 15.0 Å².